The van der Waals surface area contributed by atoms with Crippen LogP contribution in [0.4, 0.5) is 17.2 Å². The van der Waals surface area contributed by atoms with Crippen molar-refractivity contribution < 1.29 is 14.3 Å². The summed E-state index contributed by atoms with van der Waals surface area (Å²) < 4.78 is 7.46. The van der Waals surface area contributed by atoms with Gasteiger partial charge in [-0.25, -0.2) is 9.97 Å². The number of likely N-dealkylation sites (tertiary alicyclic amines) is 1. The third-order valence-electron chi connectivity index (χ3n) is 6.68. The number of allylic oxidation sites excluding steroid dienone is 3. The number of anilines is 3. The number of methoxy groups -OCH3 is 1. The Balaban J connectivity index is 1.43. The van der Waals surface area contributed by atoms with Crippen LogP contribution in [0.25, 0.3) is 21.8 Å². The molecule has 1 fully saturated rings. The third kappa shape index (κ3) is 5.22. The highest BCUT2D eigenvalue weighted by molar-refractivity contribution is 6.03. The Kier molecular flexibility index (Phi) is 7.35. The van der Waals surface area contributed by atoms with Crippen LogP contribution in [0.5, 0.6) is 5.75 Å². The quantitative estimate of drug-likeness (QED) is 0.244. The van der Waals surface area contributed by atoms with Crippen LogP contribution in [0.3, 0.4) is 0 Å². The number of benzene rings is 2. The van der Waals surface area contributed by atoms with Crippen molar-refractivity contribution in [3.63, 3.8) is 0 Å². The van der Waals surface area contributed by atoms with E-state index in [0.717, 1.165) is 23.0 Å². The number of carbonyl (C=O) groups excluding carboxylic acids is 2. The van der Waals surface area contributed by atoms with Gasteiger partial charge in [0, 0.05) is 29.1 Å². The van der Waals surface area contributed by atoms with E-state index in [9.17, 15) is 9.59 Å². The zero-order valence-corrected chi connectivity index (χ0v) is 21.6. The van der Waals surface area contributed by atoms with Gasteiger partial charge in [-0.1, -0.05) is 31.4 Å². The van der Waals surface area contributed by atoms with Crippen molar-refractivity contribution in [1.29, 1.82) is 0 Å². The average molecular weight is 524 g/mol. The van der Waals surface area contributed by atoms with E-state index >= 15 is 0 Å². The number of ether oxygens (including phenoxy) is 1. The maximum atomic E-state index is 13.2. The molecule has 1 saturated heterocycles. The van der Waals surface area contributed by atoms with E-state index in [4.69, 9.17) is 4.74 Å². The fourth-order valence-corrected chi connectivity index (χ4v) is 4.79. The predicted octanol–water partition coefficient (Wildman–Crippen LogP) is 4.59. The van der Waals surface area contributed by atoms with Crippen molar-refractivity contribution in [2.45, 2.75) is 25.4 Å². The average Bonchev–Trinajstić information content (AvgIpc) is 3.60. The zero-order chi connectivity index (χ0) is 27.4. The summed E-state index contributed by atoms with van der Waals surface area (Å²) in [5.74, 6) is 0.494. The zero-order valence-electron chi connectivity index (χ0n) is 21.6. The number of amides is 2. The highest BCUT2D eigenvalue weighted by atomic mass is 16.5. The second-order valence-corrected chi connectivity index (χ2v) is 9.06. The summed E-state index contributed by atoms with van der Waals surface area (Å²) in [6, 6.07) is 8.93. The van der Waals surface area contributed by atoms with E-state index in [0.29, 0.717) is 47.7 Å². The second-order valence-electron chi connectivity index (χ2n) is 9.06. The first-order valence-corrected chi connectivity index (χ1v) is 12.6. The normalized spacial score (nSPS) is 15.1. The molecule has 0 unspecified atom stereocenters. The summed E-state index contributed by atoms with van der Waals surface area (Å²) in [4.78, 5) is 35.8. The van der Waals surface area contributed by atoms with Crippen molar-refractivity contribution in [2.75, 3.05) is 24.3 Å². The van der Waals surface area contributed by atoms with Crippen LogP contribution in [0.1, 0.15) is 12.8 Å². The molecule has 0 aliphatic carbocycles. The van der Waals surface area contributed by atoms with Gasteiger partial charge in [-0.15, -0.1) is 0 Å². The van der Waals surface area contributed by atoms with Gasteiger partial charge in [-0.2, -0.15) is 5.10 Å². The van der Waals surface area contributed by atoms with Gasteiger partial charge in [0.25, 0.3) is 0 Å². The maximum absolute atomic E-state index is 13.2. The Bertz CT molecular complexity index is 1610. The molecule has 2 aromatic heterocycles. The van der Waals surface area contributed by atoms with Crippen LogP contribution in [0.15, 0.2) is 80.3 Å². The first-order chi connectivity index (χ1) is 19.0. The molecule has 0 spiro atoms. The second kappa shape index (κ2) is 11.2. The molecule has 2 N–H and O–H groups in total. The fraction of sp³-hybridized carbons (Fsp3) is 0.207. The smallest absolute Gasteiger partial charge is 0.247 e. The summed E-state index contributed by atoms with van der Waals surface area (Å²) in [5.41, 5.74) is 2.95. The molecule has 1 aliphatic rings. The molecular formula is C29H29N7O3. The van der Waals surface area contributed by atoms with Gasteiger partial charge in [0.1, 0.15) is 23.9 Å². The van der Waals surface area contributed by atoms with Crippen molar-refractivity contribution in [2.24, 2.45) is 0 Å². The first-order valence-electron chi connectivity index (χ1n) is 12.6. The molecule has 0 bridgehead atoms. The van der Waals surface area contributed by atoms with Crippen LogP contribution in [-0.4, -0.2) is 56.2 Å². The molecule has 2 aromatic carbocycles. The van der Waals surface area contributed by atoms with E-state index in [1.165, 1.54) is 19.5 Å². The van der Waals surface area contributed by atoms with Crippen molar-refractivity contribution >= 4 is 50.8 Å². The number of hydrogen-bond acceptors (Lipinski definition) is 7. The van der Waals surface area contributed by atoms with Gasteiger partial charge in [-0.05, 0) is 43.2 Å². The summed E-state index contributed by atoms with van der Waals surface area (Å²) in [7, 11) is 1.53. The molecule has 1 aliphatic heterocycles. The van der Waals surface area contributed by atoms with Gasteiger partial charge < -0.3 is 20.3 Å². The fourth-order valence-electron chi connectivity index (χ4n) is 4.79. The standard InChI is InChI=1S/C29H29N7O3/c1-4-6-7-13-36-24-11-10-20(14-19(24)17-32-36)33-28-21-15-23(26(39-3)16-22(21)30-18-31-28)34-29(38)25-9-8-12-35(25)27(37)5-2/h4-7,10-11,14-18,25H,1-2,8-9,12-13H2,3H3,(H,34,38)(H,30,31,33)/t25-/m0/s1. The van der Waals surface area contributed by atoms with Gasteiger partial charge in [0.2, 0.25) is 11.8 Å². The lowest BCUT2D eigenvalue weighted by atomic mass is 10.1. The van der Waals surface area contributed by atoms with Crippen molar-refractivity contribution in [3.05, 3.63) is 80.3 Å². The summed E-state index contributed by atoms with van der Waals surface area (Å²) in [6.07, 6.45) is 11.5. The van der Waals surface area contributed by atoms with Gasteiger partial charge in [0.05, 0.1) is 36.6 Å². The molecule has 10 heteroatoms. The Morgan fingerprint density at radius 2 is 2.08 bits per heavy atom. The van der Waals surface area contributed by atoms with E-state index in [1.807, 2.05) is 41.2 Å². The Hall–Kier alpha value is -4.99. The molecule has 198 valence electrons. The molecule has 39 heavy (non-hydrogen) atoms. The van der Waals surface area contributed by atoms with Gasteiger partial charge >= 0.3 is 0 Å². The molecule has 4 aromatic rings. The summed E-state index contributed by atoms with van der Waals surface area (Å²) in [5, 5.41) is 12.5. The number of carbonyl (C=O) groups is 2. The molecule has 10 nitrogen and oxygen atoms in total. The summed E-state index contributed by atoms with van der Waals surface area (Å²) >= 11 is 0. The minimum atomic E-state index is -0.569. The predicted molar refractivity (Wildman–Crippen MR) is 152 cm³/mol. The number of nitrogens with one attached hydrogen (secondary N) is 2. The monoisotopic (exact) mass is 523 g/mol. The van der Waals surface area contributed by atoms with Gasteiger partial charge in [0.15, 0.2) is 0 Å². The third-order valence-corrected chi connectivity index (χ3v) is 6.68. The van der Waals surface area contributed by atoms with E-state index in [1.54, 1.807) is 23.1 Å². The van der Waals surface area contributed by atoms with Crippen LogP contribution in [0, 0.1) is 0 Å². The van der Waals surface area contributed by atoms with Crippen LogP contribution in [-0.2, 0) is 16.1 Å². The van der Waals surface area contributed by atoms with Gasteiger partial charge in [-0.3, -0.25) is 14.3 Å². The molecule has 2 amide bonds. The molecule has 5 rings (SSSR count). The van der Waals surface area contributed by atoms with Crippen molar-refractivity contribution in [1.82, 2.24) is 24.6 Å². The minimum absolute atomic E-state index is 0.256. The Morgan fingerprint density at radius 3 is 2.87 bits per heavy atom. The number of rotatable bonds is 9. The van der Waals surface area contributed by atoms with Crippen LogP contribution in [0.2, 0.25) is 0 Å². The molecular weight excluding hydrogens is 494 g/mol. The van der Waals surface area contributed by atoms with Crippen LogP contribution >= 0.6 is 0 Å². The minimum Gasteiger partial charge on any atom is -0.494 e. The number of aromatic nitrogens is 4. The van der Waals surface area contributed by atoms with E-state index in [-0.39, 0.29) is 11.8 Å². The highest BCUT2D eigenvalue weighted by Gasteiger charge is 2.33. The molecule has 0 radical (unpaired) electrons. The first kappa shape index (κ1) is 25.7. The SMILES string of the molecule is C=CC=CCn1ncc2cc(Nc3ncnc4cc(OC)c(NC(=O)[C@@H]5CCCN5C(=O)C=C)cc34)ccc21. The maximum Gasteiger partial charge on any atom is 0.247 e. The lowest BCUT2D eigenvalue weighted by molar-refractivity contribution is -0.132. The lowest BCUT2D eigenvalue weighted by Crippen LogP contribution is -2.42. The van der Waals surface area contributed by atoms with Crippen molar-refractivity contribution in [3.8, 4) is 5.75 Å². The lowest BCUT2D eigenvalue weighted by Gasteiger charge is -2.23. The number of fused-ring (bicyclic) bond motifs is 2. The number of nitrogens with zero attached hydrogens (tertiary/aromatic N) is 5. The van der Waals surface area contributed by atoms with E-state index < -0.39 is 6.04 Å². The van der Waals surface area contributed by atoms with Crippen LogP contribution < -0.4 is 15.4 Å². The molecule has 1 atom stereocenters. The Morgan fingerprint density at radius 1 is 1.21 bits per heavy atom. The summed E-state index contributed by atoms with van der Waals surface area (Å²) in [6.45, 7) is 8.41. The topological polar surface area (TPSA) is 114 Å². The largest absolute Gasteiger partial charge is 0.494 e. The molecule has 0 saturated carbocycles. The Labute approximate surface area is 225 Å². The molecule has 3 heterocycles. The van der Waals surface area contributed by atoms with E-state index in [2.05, 4.69) is 38.9 Å². The highest BCUT2D eigenvalue weighted by Crippen LogP contribution is 2.34. The number of hydrogen-bond donors (Lipinski definition) is 2.